The number of nitrogens with zero attached hydrogens (tertiary/aromatic N) is 4. The summed E-state index contributed by atoms with van der Waals surface area (Å²) >= 11 is 0. The lowest BCUT2D eigenvalue weighted by Crippen LogP contribution is -2.29. The molecule has 0 atom stereocenters. The van der Waals surface area contributed by atoms with Gasteiger partial charge in [0.1, 0.15) is 11.4 Å². The molecule has 0 saturated heterocycles. The van der Waals surface area contributed by atoms with Gasteiger partial charge in [0.15, 0.2) is 0 Å². The van der Waals surface area contributed by atoms with Gasteiger partial charge in [0, 0.05) is 13.2 Å². The molecule has 1 aromatic carbocycles. The van der Waals surface area contributed by atoms with Gasteiger partial charge in [-0.2, -0.15) is 18.2 Å². The third kappa shape index (κ3) is 2.28. The number of nitrogens with two attached hydrogens (primary N) is 1. The molecule has 7 nitrogen and oxygen atoms in total. The fourth-order valence-electron chi connectivity index (χ4n) is 2.24. The van der Waals surface area contributed by atoms with Crippen molar-refractivity contribution in [1.29, 1.82) is 0 Å². The molecule has 2 heterocycles. The highest BCUT2D eigenvalue weighted by molar-refractivity contribution is 5.77. The van der Waals surface area contributed by atoms with Crippen molar-refractivity contribution in [2.24, 2.45) is 0 Å². The molecule has 0 amide bonds. The number of alkyl halides is 3. The second-order valence-electron chi connectivity index (χ2n) is 4.66. The van der Waals surface area contributed by atoms with E-state index in [0.29, 0.717) is 17.2 Å². The van der Waals surface area contributed by atoms with E-state index in [-0.39, 0.29) is 5.95 Å². The zero-order valence-electron chi connectivity index (χ0n) is 11.8. The molecule has 2 aromatic heterocycles. The Hall–Kier alpha value is -3.04. The molecule has 0 aliphatic heterocycles. The fraction of sp³-hybridized carbons (Fsp3) is 0.154. The zero-order chi connectivity index (χ0) is 16.8. The van der Waals surface area contributed by atoms with E-state index in [2.05, 4.69) is 15.3 Å². The predicted octanol–water partition coefficient (Wildman–Crippen LogP) is 1.36. The van der Waals surface area contributed by atoms with E-state index >= 15 is 0 Å². The van der Waals surface area contributed by atoms with Crippen molar-refractivity contribution in [3.63, 3.8) is 0 Å². The van der Waals surface area contributed by atoms with Crippen LogP contribution in [0.4, 0.5) is 19.0 Å². The molecule has 0 fully saturated rings. The SMILES string of the molecule is CNc1nc(-n2c(=O)n(N)c3ccccc32)ncc1C(F)(F)F. The normalized spacial score (nSPS) is 11.8. The Morgan fingerprint density at radius 1 is 1.22 bits per heavy atom. The first-order valence-electron chi connectivity index (χ1n) is 6.44. The van der Waals surface area contributed by atoms with Crippen molar-refractivity contribution in [2.45, 2.75) is 6.18 Å². The standard InChI is InChI=1S/C13H11F3N6O/c1-18-10-7(13(14,15)16)6-19-11(20-10)21-8-4-2-3-5-9(8)22(17)12(21)23/h2-6H,17H2,1H3,(H,18,19,20). The van der Waals surface area contributed by atoms with Crippen LogP contribution in [-0.4, -0.2) is 26.3 Å². The Bertz CT molecular complexity index is 943. The van der Waals surface area contributed by atoms with E-state index in [1.165, 1.54) is 7.05 Å². The van der Waals surface area contributed by atoms with Crippen LogP contribution in [0.2, 0.25) is 0 Å². The zero-order valence-corrected chi connectivity index (χ0v) is 11.8. The average Bonchev–Trinajstić information content (AvgIpc) is 2.78. The van der Waals surface area contributed by atoms with Crippen LogP contribution in [0.5, 0.6) is 0 Å². The first kappa shape index (κ1) is 14.9. The summed E-state index contributed by atoms with van der Waals surface area (Å²) in [7, 11) is 1.30. The number of nitrogen functional groups attached to an aromatic ring is 1. The first-order chi connectivity index (χ1) is 10.8. The molecule has 10 heteroatoms. The summed E-state index contributed by atoms with van der Waals surface area (Å²) in [4.78, 5) is 19.7. The van der Waals surface area contributed by atoms with Crippen LogP contribution in [0.3, 0.4) is 0 Å². The van der Waals surface area contributed by atoms with Crippen molar-refractivity contribution >= 4 is 16.9 Å². The minimum absolute atomic E-state index is 0.201. The smallest absolute Gasteiger partial charge is 0.372 e. The summed E-state index contributed by atoms with van der Waals surface area (Å²) in [5.74, 6) is 5.05. The van der Waals surface area contributed by atoms with Gasteiger partial charge in [-0.1, -0.05) is 12.1 Å². The maximum absolute atomic E-state index is 12.9. The molecule has 0 bridgehead atoms. The van der Waals surface area contributed by atoms with Crippen molar-refractivity contribution in [3.8, 4) is 5.95 Å². The van der Waals surface area contributed by atoms with E-state index < -0.39 is 23.2 Å². The molecule has 3 aromatic rings. The Balaban J connectivity index is 2.29. The number of imidazole rings is 1. The lowest BCUT2D eigenvalue weighted by atomic mass is 10.3. The molecule has 0 aliphatic carbocycles. The van der Waals surface area contributed by atoms with Crippen molar-refractivity contribution in [2.75, 3.05) is 18.2 Å². The molecular weight excluding hydrogens is 313 g/mol. The summed E-state index contributed by atoms with van der Waals surface area (Å²) in [5.41, 5.74) is -0.880. The van der Waals surface area contributed by atoms with Crippen molar-refractivity contribution in [3.05, 3.63) is 46.5 Å². The van der Waals surface area contributed by atoms with E-state index in [0.717, 1.165) is 9.24 Å². The van der Waals surface area contributed by atoms with Gasteiger partial charge >= 0.3 is 11.9 Å². The predicted molar refractivity (Wildman–Crippen MR) is 77.8 cm³/mol. The molecule has 3 N–H and O–H groups in total. The Labute approximate surface area is 127 Å². The number of hydrogen-bond acceptors (Lipinski definition) is 5. The second kappa shape index (κ2) is 5.00. The summed E-state index contributed by atoms with van der Waals surface area (Å²) in [5, 5.41) is 2.36. The number of benzene rings is 1. The largest absolute Gasteiger partial charge is 0.421 e. The van der Waals surface area contributed by atoms with Crippen LogP contribution < -0.4 is 16.8 Å². The summed E-state index contributed by atoms with van der Waals surface area (Å²) in [6.07, 6.45) is -3.98. The van der Waals surface area contributed by atoms with Crippen LogP contribution in [0.25, 0.3) is 17.0 Å². The maximum atomic E-state index is 12.9. The van der Waals surface area contributed by atoms with E-state index in [1.807, 2.05) is 0 Å². The van der Waals surface area contributed by atoms with Crippen LogP contribution in [0.1, 0.15) is 5.56 Å². The summed E-state index contributed by atoms with van der Waals surface area (Å²) in [6, 6.07) is 6.56. The topological polar surface area (TPSA) is 90.8 Å². The number of halogens is 3. The Kier molecular flexibility index (Phi) is 3.24. The molecule has 0 aliphatic rings. The third-order valence-electron chi connectivity index (χ3n) is 3.30. The van der Waals surface area contributed by atoms with E-state index in [4.69, 9.17) is 5.84 Å². The van der Waals surface area contributed by atoms with Crippen LogP contribution in [0.15, 0.2) is 35.3 Å². The van der Waals surface area contributed by atoms with Crippen LogP contribution >= 0.6 is 0 Å². The molecular formula is C13H11F3N6O. The molecule has 0 radical (unpaired) electrons. The van der Waals surface area contributed by atoms with Crippen molar-refractivity contribution in [1.82, 2.24) is 19.2 Å². The molecule has 120 valence electrons. The quantitative estimate of drug-likeness (QED) is 0.695. The number of nitrogens with one attached hydrogen (secondary N) is 1. The van der Waals surface area contributed by atoms with Gasteiger partial charge in [0.25, 0.3) is 0 Å². The van der Waals surface area contributed by atoms with Crippen LogP contribution in [-0.2, 0) is 6.18 Å². The molecule has 23 heavy (non-hydrogen) atoms. The van der Waals surface area contributed by atoms with Gasteiger partial charge in [0.2, 0.25) is 5.95 Å². The minimum Gasteiger partial charge on any atom is -0.372 e. The maximum Gasteiger partial charge on any atom is 0.421 e. The number of fused-ring (bicyclic) bond motifs is 1. The van der Waals surface area contributed by atoms with Gasteiger partial charge < -0.3 is 11.2 Å². The van der Waals surface area contributed by atoms with Gasteiger partial charge in [-0.05, 0) is 12.1 Å². The van der Waals surface area contributed by atoms with Gasteiger partial charge in [-0.3, -0.25) is 0 Å². The lowest BCUT2D eigenvalue weighted by molar-refractivity contribution is -0.137. The molecule has 0 saturated carbocycles. The van der Waals surface area contributed by atoms with Gasteiger partial charge in [-0.25, -0.2) is 19.0 Å². The first-order valence-corrected chi connectivity index (χ1v) is 6.44. The highest BCUT2D eigenvalue weighted by Gasteiger charge is 2.35. The lowest BCUT2D eigenvalue weighted by Gasteiger charge is -2.12. The third-order valence-corrected chi connectivity index (χ3v) is 3.30. The summed E-state index contributed by atoms with van der Waals surface area (Å²) in [6.45, 7) is 0. The Morgan fingerprint density at radius 2 is 1.87 bits per heavy atom. The summed E-state index contributed by atoms with van der Waals surface area (Å²) < 4.78 is 40.6. The fourth-order valence-corrected chi connectivity index (χ4v) is 2.24. The molecule has 3 rings (SSSR count). The Morgan fingerprint density at radius 3 is 2.48 bits per heavy atom. The average molecular weight is 324 g/mol. The number of hydrogen-bond donors (Lipinski definition) is 2. The van der Waals surface area contributed by atoms with Gasteiger partial charge in [-0.15, -0.1) is 0 Å². The molecule has 0 unspecified atom stereocenters. The van der Waals surface area contributed by atoms with Gasteiger partial charge in [0.05, 0.1) is 11.0 Å². The highest BCUT2D eigenvalue weighted by atomic mass is 19.4. The minimum atomic E-state index is -4.61. The monoisotopic (exact) mass is 324 g/mol. The second-order valence-corrected chi connectivity index (χ2v) is 4.66. The molecule has 0 spiro atoms. The number of aromatic nitrogens is 4. The number of rotatable bonds is 2. The highest BCUT2D eigenvalue weighted by Crippen LogP contribution is 2.33. The van der Waals surface area contributed by atoms with E-state index in [1.54, 1.807) is 24.3 Å². The van der Waals surface area contributed by atoms with Crippen LogP contribution in [0, 0.1) is 0 Å². The van der Waals surface area contributed by atoms with E-state index in [9.17, 15) is 18.0 Å². The van der Waals surface area contributed by atoms with Crippen molar-refractivity contribution < 1.29 is 13.2 Å². The number of para-hydroxylation sites is 2. The number of anilines is 1.